The van der Waals surface area contributed by atoms with Crippen LogP contribution >= 0.6 is 11.8 Å². The van der Waals surface area contributed by atoms with E-state index in [-0.39, 0.29) is 22.2 Å². The summed E-state index contributed by atoms with van der Waals surface area (Å²) in [6.45, 7) is 1.30. The minimum absolute atomic E-state index is 0.0114. The number of nitrogens with zero attached hydrogens (tertiary/aromatic N) is 2. The number of hydrazone groups is 1. The van der Waals surface area contributed by atoms with Crippen LogP contribution in [0.5, 0.6) is 0 Å². The Hall–Kier alpha value is -1.61. The number of hydrogen-bond donors (Lipinski definition) is 1. The van der Waals surface area contributed by atoms with Crippen molar-refractivity contribution in [2.45, 2.75) is 31.0 Å². The Morgan fingerprint density at radius 1 is 1.43 bits per heavy atom. The van der Waals surface area contributed by atoms with Gasteiger partial charge in [-0.15, -0.1) is 11.8 Å². The van der Waals surface area contributed by atoms with Crippen molar-refractivity contribution in [2.24, 2.45) is 5.10 Å². The quantitative estimate of drug-likeness (QED) is 0.850. The highest BCUT2D eigenvalue weighted by atomic mass is 32.2. The van der Waals surface area contributed by atoms with Gasteiger partial charge in [0.25, 0.3) is 11.6 Å². The predicted octanol–water partition coefficient (Wildman–Crippen LogP) is 2.92. The van der Waals surface area contributed by atoms with Gasteiger partial charge in [0.05, 0.1) is 5.75 Å². The highest BCUT2D eigenvalue weighted by Gasteiger charge is 2.62. The summed E-state index contributed by atoms with van der Waals surface area (Å²) < 4.78 is 52.4. The van der Waals surface area contributed by atoms with E-state index in [4.69, 9.17) is 0 Å². The molecule has 1 aliphatic rings. The maximum absolute atomic E-state index is 13.4. The molecule has 1 N–H and O–H groups in total. The second kappa shape index (κ2) is 6.48. The summed E-state index contributed by atoms with van der Waals surface area (Å²) >= 11 is 0.949. The zero-order valence-corrected chi connectivity index (χ0v) is 12.9. The summed E-state index contributed by atoms with van der Waals surface area (Å²) in [5.41, 5.74) is -2.96. The molecule has 1 heterocycles. The molecule has 0 bridgehead atoms. The Labute approximate surface area is 134 Å². The molecule has 0 fully saturated rings. The molecule has 4 nitrogen and oxygen atoms in total. The zero-order chi connectivity index (χ0) is 17.3. The van der Waals surface area contributed by atoms with Gasteiger partial charge >= 0.3 is 6.18 Å². The molecule has 0 aromatic heterocycles. The molecule has 1 aromatic rings. The van der Waals surface area contributed by atoms with E-state index in [0.717, 1.165) is 11.8 Å². The zero-order valence-electron chi connectivity index (χ0n) is 12.1. The van der Waals surface area contributed by atoms with E-state index in [1.807, 2.05) is 0 Å². The molecule has 0 aliphatic carbocycles. The van der Waals surface area contributed by atoms with Gasteiger partial charge in [0.1, 0.15) is 5.82 Å². The van der Waals surface area contributed by atoms with E-state index >= 15 is 0 Å². The van der Waals surface area contributed by atoms with Crippen LogP contribution in [0.1, 0.15) is 18.9 Å². The van der Waals surface area contributed by atoms with E-state index in [9.17, 15) is 27.5 Å². The van der Waals surface area contributed by atoms with E-state index < -0.39 is 30.0 Å². The molecular weight excluding hydrogens is 336 g/mol. The number of rotatable bonds is 4. The average Bonchev–Trinajstić information content (AvgIpc) is 2.77. The highest BCUT2D eigenvalue weighted by Crippen LogP contribution is 2.40. The fourth-order valence-corrected chi connectivity index (χ4v) is 2.98. The fraction of sp³-hybridized carbons (Fsp3) is 0.429. The van der Waals surface area contributed by atoms with Crippen LogP contribution in [0, 0.1) is 5.82 Å². The van der Waals surface area contributed by atoms with Gasteiger partial charge in [-0.25, -0.2) is 4.39 Å². The molecule has 1 amide bonds. The standard InChI is InChI=1S/C14H14F4N2O2S/c1-9-6-13(22,14(16,17)18)20(19-9)12(21)8-23-7-10-4-2-3-5-11(10)15/h2-5,22H,6-8H2,1H3. The molecule has 0 radical (unpaired) electrons. The number of halogens is 4. The Morgan fingerprint density at radius 2 is 2.09 bits per heavy atom. The van der Waals surface area contributed by atoms with Crippen LogP contribution in [-0.2, 0) is 10.5 Å². The first-order valence-corrected chi connectivity index (χ1v) is 7.78. The van der Waals surface area contributed by atoms with Crippen molar-refractivity contribution in [1.82, 2.24) is 5.01 Å². The fourth-order valence-electron chi connectivity index (χ4n) is 2.13. The molecule has 0 saturated carbocycles. The average molecular weight is 350 g/mol. The van der Waals surface area contributed by atoms with Crippen molar-refractivity contribution >= 4 is 23.4 Å². The number of benzene rings is 1. The predicted molar refractivity (Wildman–Crippen MR) is 78.1 cm³/mol. The molecule has 0 spiro atoms. The largest absolute Gasteiger partial charge is 0.438 e. The number of thioether (sulfide) groups is 1. The highest BCUT2D eigenvalue weighted by molar-refractivity contribution is 7.99. The minimum Gasteiger partial charge on any atom is -0.362 e. The topological polar surface area (TPSA) is 52.9 Å². The lowest BCUT2D eigenvalue weighted by atomic mass is 10.1. The lowest BCUT2D eigenvalue weighted by Crippen LogP contribution is -2.57. The van der Waals surface area contributed by atoms with Crippen molar-refractivity contribution in [3.63, 3.8) is 0 Å². The maximum atomic E-state index is 13.4. The third-order valence-electron chi connectivity index (χ3n) is 3.25. The van der Waals surface area contributed by atoms with E-state index in [1.54, 1.807) is 6.07 Å². The first kappa shape index (κ1) is 17.7. The maximum Gasteiger partial charge on any atom is 0.438 e. The lowest BCUT2D eigenvalue weighted by Gasteiger charge is -2.32. The molecule has 126 valence electrons. The minimum atomic E-state index is -5.01. The number of aliphatic hydroxyl groups is 1. The smallest absolute Gasteiger partial charge is 0.362 e. The summed E-state index contributed by atoms with van der Waals surface area (Å²) in [5.74, 6) is -1.67. The first-order valence-electron chi connectivity index (χ1n) is 6.62. The normalized spacial score (nSPS) is 21.5. The molecule has 1 aliphatic heterocycles. The number of alkyl halides is 3. The van der Waals surface area contributed by atoms with Crippen LogP contribution in [0.2, 0.25) is 0 Å². The van der Waals surface area contributed by atoms with Crippen molar-refractivity contribution < 1.29 is 27.5 Å². The van der Waals surface area contributed by atoms with Gasteiger partial charge in [0.2, 0.25) is 0 Å². The van der Waals surface area contributed by atoms with Gasteiger partial charge in [-0.2, -0.15) is 23.3 Å². The van der Waals surface area contributed by atoms with Gasteiger partial charge in [-0.05, 0) is 18.6 Å². The van der Waals surface area contributed by atoms with Crippen molar-refractivity contribution in [2.75, 3.05) is 5.75 Å². The van der Waals surface area contributed by atoms with Crippen molar-refractivity contribution in [3.05, 3.63) is 35.6 Å². The summed E-state index contributed by atoms with van der Waals surface area (Å²) in [6.07, 6.45) is -5.79. The SMILES string of the molecule is CC1=NN(C(=O)CSCc2ccccc2F)C(O)(C(F)(F)F)C1. The van der Waals surface area contributed by atoms with Crippen LogP contribution in [0.25, 0.3) is 0 Å². The lowest BCUT2D eigenvalue weighted by molar-refractivity contribution is -0.301. The first-order chi connectivity index (χ1) is 10.6. The van der Waals surface area contributed by atoms with E-state index in [0.29, 0.717) is 5.56 Å². The third-order valence-corrected chi connectivity index (χ3v) is 4.22. The van der Waals surface area contributed by atoms with Gasteiger partial charge in [0.15, 0.2) is 0 Å². The van der Waals surface area contributed by atoms with Gasteiger partial charge in [-0.3, -0.25) is 4.79 Å². The molecule has 1 aromatic carbocycles. The van der Waals surface area contributed by atoms with E-state index in [2.05, 4.69) is 5.10 Å². The monoisotopic (exact) mass is 350 g/mol. The summed E-state index contributed by atoms with van der Waals surface area (Å²) in [6, 6.07) is 5.92. The molecule has 9 heteroatoms. The van der Waals surface area contributed by atoms with Gasteiger partial charge in [-0.1, -0.05) is 18.2 Å². The molecule has 1 atom stereocenters. The number of hydrogen-bond acceptors (Lipinski definition) is 4. The Balaban J connectivity index is 2.01. The Morgan fingerprint density at radius 3 is 2.70 bits per heavy atom. The van der Waals surface area contributed by atoms with Crippen LogP contribution in [0.3, 0.4) is 0 Å². The summed E-state index contributed by atoms with van der Waals surface area (Å²) in [5, 5.41) is 13.4. The molecule has 1 unspecified atom stereocenters. The summed E-state index contributed by atoms with van der Waals surface area (Å²) in [7, 11) is 0. The van der Waals surface area contributed by atoms with Crippen LogP contribution in [-0.4, -0.2) is 39.4 Å². The van der Waals surface area contributed by atoms with Crippen LogP contribution in [0.4, 0.5) is 17.6 Å². The molecule has 0 saturated heterocycles. The Bertz CT molecular complexity index is 635. The van der Waals surface area contributed by atoms with Crippen LogP contribution < -0.4 is 0 Å². The number of amides is 1. The summed E-state index contributed by atoms with van der Waals surface area (Å²) in [4.78, 5) is 12.0. The van der Waals surface area contributed by atoms with Crippen molar-refractivity contribution in [3.8, 4) is 0 Å². The van der Waals surface area contributed by atoms with Gasteiger partial charge in [0, 0.05) is 17.9 Å². The number of carbonyl (C=O) groups excluding carboxylic acids is 1. The third kappa shape index (κ3) is 3.66. The second-order valence-corrected chi connectivity index (χ2v) is 6.10. The van der Waals surface area contributed by atoms with Gasteiger partial charge < -0.3 is 5.11 Å². The molecule has 2 rings (SSSR count). The second-order valence-electron chi connectivity index (χ2n) is 5.12. The van der Waals surface area contributed by atoms with E-state index in [1.165, 1.54) is 25.1 Å². The molecule has 23 heavy (non-hydrogen) atoms. The molecular formula is C14H14F4N2O2S. The number of carbonyl (C=O) groups is 1. The van der Waals surface area contributed by atoms with Crippen molar-refractivity contribution in [1.29, 1.82) is 0 Å². The van der Waals surface area contributed by atoms with Crippen LogP contribution in [0.15, 0.2) is 29.4 Å². The Kier molecular flexibility index (Phi) is 5.00.